The first-order chi connectivity index (χ1) is 12.2. The zero-order chi connectivity index (χ0) is 19.5. The van der Waals surface area contributed by atoms with Gasteiger partial charge in [0.15, 0.2) is 0 Å². The van der Waals surface area contributed by atoms with Gasteiger partial charge in [0.05, 0.1) is 36.1 Å². The number of thioether (sulfide) groups is 1. The average molecular weight is 396 g/mol. The Bertz CT molecular complexity index is 703. The largest absolute Gasteiger partial charge is 0.317 e. The molecule has 0 saturated heterocycles. The Labute approximate surface area is 167 Å². The van der Waals surface area contributed by atoms with Gasteiger partial charge in [-0.25, -0.2) is 9.67 Å². The van der Waals surface area contributed by atoms with Gasteiger partial charge in [-0.2, -0.15) is 0 Å². The minimum Gasteiger partial charge on any atom is -0.317 e. The first kappa shape index (κ1) is 21.3. The van der Waals surface area contributed by atoms with E-state index in [0.29, 0.717) is 23.1 Å². The van der Waals surface area contributed by atoms with E-state index in [1.807, 2.05) is 35.9 Å². The summed E-state index contributed by atoms with van der Waals surface area (Å²) in [6.07, 6.45) is 0. The molecule has 0 aliphatic carbocycles. The lowest BCUT2D eigenvalue weighted by Gasteiger charge is -2.49. The van der Waals surface area contributed by atoms with Gasteiger partial charge in [0.1, 0.15) is 5.82 Å². The number of rotatable bonds is 8. The van der Waals surface area contributed by atoms with Crippen LogP contribution in [0.1, 0.15) is 47.4 Å². The van der Waals surface area contributed by atoms with Crippen molar-refractivity contribution in [1.82, 2.24) is 14.8 Å². The Hall–Kier alpha value is -1.04. The highest BCUT2D eigenvalue weighted by atomic mass is 35.5. The number of benzene rings is 1. The first-order valence-electron chi connectivity index (χ1n) is 9.38. The summed E-state index contributed by atoms with van der Waals surface area (Å²) in [5, 5.41) is 6.22. The van der Waals surface area contributed by atoms with E-state index < -0.39 is 0 Å². The fourth-order valence-corrected chi connectivity index (χ4v) is 5.25. The summed E-state index contributed by atoms with van der Waals surface area (Å²) in [6.45, 7) is 17.1. The highest BCUT2D eigenvalue weighted by molar-refractivity contribution is 7.99. The summed E-state index contributed by atoms with van der Waals surface area (Å²) < 4.78 is 2.98. The number of halogens is 1. The van der Waals surface area contributed by atoms with E-state index in [9.17, 15) is 0 Å². The zero-order valence-corrected chi connectivity index (χ0v) is 18.6. The van der Waals surface area contributed by atoms with E-state index in [1.165, 1.54) is 0 Å². The van der Waals surface area contributed by atoms with Crippen LogP contribution in [0.3, 0.4) is 0 Å². The van der Waals surface area contributed by atoms with Crippen molar-refractivity contribution in [2.45, 2.75) is 71.7 Å². The predicted molar refractivity (Wildman–Crippen MR) is 112 cm³/mol. The van der Waals surface area contributed by atoms with Gasteiger partial charge in [-0.15, -0.1) is 5.10 Å². The molecule has 0 fully saturated rings. The summed E-state index contributed by atoms with van der Waals surface area (Å²) >= 11 is 7.85. The third-order valence-electron chi connectivity index (χ3n) is 5.40. The normalized spacial score (nSPS) is 12.6. The minimum absolute atomic E-state index is 0.592. The molecule has 0 radical (unpaired) electrons. The maximum atomic E-state index is 6.11. The van der Waals surface area contributed by atoms with Crippen molar-refractivity contribution >= 4 is 23.4 Å². The van der Waals surface area contributed by atoms with E-state index in [0.717, 1.165) is 33.4 Å². The predicted octanol–water partition coefficient (Wildman–Crippen LogP) is 5.36. The molecule has 0 spiro atoms. The van der Waals surface area contributed by atoms with Gasteiger partial charge >= 0.3 is 0 Å². The Morgan fingerprint density at radius 2 is 1.69 bits per heavy atom. The third kappa shape index (κ3) is 4.44. The van der Waals surface area contributed by atoms with Crippen molar-refractivity contribution in [2.24, 2.45) is 0 Å². The quantitative estimate of drug-likeness (QED) is 0.445. The molecule has 0 bridgehead atoms. The lowest BCUT2D eigenvalue weighted by molar-refractivity contribution is -0.983. The van der Waals surface area contributed by atoms with Crippen molar-refractivity contribution in [2.75, 3.05) is 12.3 Å². The molecule has 2 rings (SSSR count). The molecule has 0 saturated carbocycles. The Morgan fingerprint density at radius 3 is 2.23 bits per heavy atom. The highest BCUT2D eigenvalue weighted by Crippen LogP contribution is 2.27. The van der Waals surface area contributed by atoms with Crippen LogP contribution in [-0.2, 0) is 0 Å². The Morgan fingerprint density at radius 1 is 1.08 bits per heavy atom. The summed E-state index contributed by atoms with van der Waals surface area (Å²) in [4.78, 5) is 4.64. The molecule has 4 nitrogen and oxygen atoms in total. The van der Waals surface area contributed by atoms with Gasteiger partial charge in [-0.3, -0.25) is 0 Å². The van der Waals surface area contributed by atoms with Crippen molar-refractivity contribution in [3.8, 4) is 5.69 Å². The second-order valence-electron chi connectivity index (χ2n) is 7.68. The van der Waals surface area contributed by atoms with Crippen LogP contribution in [0.15, 0.2) is 29.4 Å². The van der Waals surface area contributed by atoms with Crippen LogP contribution < -0.4 is 0 Å². The van der Waals surface area contributed by atoms with E-state index in [4.69, 9.17) is 11.6 Å². The van der Waals surface area contributed by atoms with Crippen molar-refractivity contribution < 1.29 is 4.48 Å². The highest BCUT2D eigenvalue weighted by Gasteiger charge is 2.37. The van der Waals surface area contributed by atoms with Crippen molar-refractivity contribution in [1.29, 1.82) is 0 Å². The maximum absolute atomic E-state index is 6.11. The molecule has 0 amide bonds. The minimum atomic E-state index is 0.592. The Balaban J connectivity index is 2.12. The number of aryl methyl sites for hydroxylation is 1. The van der Waals surface area contributed by atoms with E-state index in [2.05, 4.69) is 51.6 Å². The van der Waals surface area contributed by atoms with E-state index >= 15 is 0 Å². The van der Waals surface area contributed by atoms with Crippen LogP contribution in [0.25, 0.3) is 5.69 Å². The monoisotopic (exact) mass is 395 g/mol. The maximum Gasteiger partial charge on any atom is 0.209 e. The third-order valence-corrected chi connectivity index (χ3v) is 6.45. The first-order valence-corrected chi connectivity index (χ1v) is 10.7. The van der Waals surface area contributed by atoms with E-state index in [1.54, 1.807) is 11.8 Å². The van der Waals surface area contributed by atoms with Crippen LogP contribution in [-0.4, -0.2) is 49.7 Å². The molecule has 1 heterocycles. The van der Waals surface area contributed by atoms with Crippen LogP contribution >= 0.6 is 23.4 Å². The van der Waals surface area contributed by atoms with Gasteiger partial charge in [0.25, 0.3) is 0 Å². The average Bonchev–Trinajstić information content (AvgIpc) is 2.91. The van der Waals surface area contributed by atoms with Crippen LogP contribution in [0, 0.1) is 6.92 Å². The van der Waals surface area contributed by atoms with Crippen molar-refractivity contribution in [3.63, 3.8) is 0 Å². The van der Waals surface area contributed by atoms with Crippen LogP contribution in [0.5, 0.6) is 0 Å². The second kappa shape index (κ2) is 8.77. The molecule has 0 aliphatic heterocycles. The topological polar surface area (TPSA) is 30.7 Å². The standard InChI is InChI=1S/C20H32ClN4S/c1-14(2)25(15(3)4,16(5)6)11-12-26-20-22-17(7)24(23-20)19-10-8-9-18(21)13-19/h8-10,13-16H,11-12H2,1-7H3/q+1. The molecule has 26 heavy (non-hydrogen) atoms. The van der Waals surface area contributed by atoms with Gasteiger partial charge in [-0.05, 0) is 66.7 Å². The summed E-state index contributed by atoms with van der Waals surface area (Å²) in [7, 11) is 0. The molecule has 0 N–H and O–H groups in total. The van der Waals surface area contributed by atoms with Crippen LogP contribution in [0.2, 0.25) is 5.02 Å². The molecule has 0 unspecified atom stereocenters. The van der Waals surface area contributed by atoms with Gasteiger partial charge in [-0.1, -0.05) is 29.4 Å². The van der Waals surface area contributed by atoms with Crippen LogP contribution in [0.4, 0.5) is 0 Å². The summed E-state index contributed by atoms with van der Waals surface area (Å²) in [6, 6.07) is 9.49. The Kier molecular flexibility index (Phi) is 7.17. The van der Waals surface area contributed by atoms with Crippen molar-refractivity contribution in [3.05, 3.63) is 35.1 Å². The van der Waals surface area contributed by atoms with E-state index in [-0.39, 0.29) is 0 Å². The smallest absolute Gasteiger partial charge is 0.209 e. The zero-order valence-electron chi connectivity index (χ0n) is 17.0. The number of quaternary nitrogens is 1. The lowest BCUT2D eigenvalue weighted by atomic mass is 10.1. The summed E-state index contributed by atoms with van der Waals surface area (Å²) in [5.41, 5.74) is 0.950. The molecule has 1 aromatic heterocycles. The fourth-order valence-electron chi connectivity index (χ4n) is 4.14. The number of aromatic nitrogens is 3. The fraction of sp³-hybridized carbons (Fsp3) is 0.600. The number of hydrogen-bond donors (Lipinski definition) is 0. The van der Waals surface area contributed by atoms with Gasteiger partial charge < -0.3 is 4.48 Å². The number of hydrogen-bond acceptors (Lipinski definition) is 3. The molecule has 1 aromatic carbocycles. The molecule has 144 valence electrons. The number of nitrogens with zero attached hydrogens (tertiary/aromatic N) is 4. The molecule has 2 aromatic rings. The van der Waals surface area contributed by atoms with Gasteiger partial charge in [0.2, 0.25) is 5.16 Å². The lowest BCUT2D eigenvalue weighted by Crippen LogP contribution is -2.62. The molecule has 0 atom stereocenters. The molecule has 0 aliphatic rings. The SMILES string of the molecule is Cc1nc(SCC[N+](C(C)C)(C(C)C)C(C)C)nn1-c1cccc(Cl)c1. The molecular weight excluding hydrogens is 364 g/mol. The summed E-state index contributed by atoms with van der Waals surface area (Å²) in [5.74, 6) is 1.89. The van der Waals surface area contributed by atoms with Gasteiger partial charge in [0, 0.05) is 5.02 Å². The molecular formula is C20H32ClN4S+. The molecule has 6 heteroatoms. The second-order valence-corrected chi connectivity index (χ2v) is 9.18.